The summed E-state index contributed by atoms with van der Waals surface area (Å²) in [6, 6.07) is 33.7. The van der Waals surface area contributed by atoms with Crippen molar-refractivity contribution >= 4 is 40.0 Å². The summed E-state index contributed by atoms with van der Waals surface area (Å²) in [7, 11) is 8.19. The number of benzene rings is 5. The van der Waals surface area contributed by atoms with Gasteiger partial charge in [-0.25, -0.2) is 23.1 Å². The second-order valence-corrected chi connectivity index (χ2v) is 22.1. The Balaban J connectivity index is 1.11. The molecule has 8 aromatic rings. The van der Waals surface area contributed by atoms with E-state index in [-0.39, 0.29) is 87.1 Å². The number of methoxy groups -OCH3 is 4. The summed E-state index contributed by atoms with van der Waals surface area (Å²) in [5.41, 5.74) is -0.485. The van der Waals surface area contributed by atoms with Crippen LogP contribution >= 0.6 is 11.6 Å². The van der Waals surface area contributed by atoms with Crippen LogP contribution in [0, 0.1) is 12.7 Å². The number of pyridine rings is 2. The van der Waals surface area contributed by atoms with Gasteiger partial charge in [0.2, 0.25) is 0 Å². The van der Waals surface area contributed by atoms with Gasteiger partial charge in [0.15, 0.2) is 11.6 Å². The van der Waals surface area contributed by atoms with E-state index in [4.69, 9.17) is 55.0 Å². The highest BCUT2D eigenvalue weighted by atomic mass is 35.5. The third kappa shape index (κ3) is 12.1. The average molecular weight is 1190 g/mol. The van der Waals surface area contributed by atoms with Gasteiger partial charge in [-0.1, -0.05) is 66.2 Å². The molecule has 14 nitrogen and oxygen atoms in total. The molecule has 0 aliphatic carbocycles. The molecule has 85 heavy (non-hydrogen) atoms. The number of anilines is 3. The molecule has 6 heterocycles. The monoisotopic (exact) mass is 1190 g/mol. The minimum atomic E-state index is -5.09. The highest BCUT2D eigenvalue weighted by Gasteiger charge is 2.53. The second-order valence-electron chi connectivity index (χ2n) is 21.7. The number of alkyl halides is 5. The van der Waals surface area contributed by atoms with E-state index in [1.807, 2.05) is 102 Å². The molecule has 21 heteroatoms. The van der Waals surface area contributed by atoms with E-state index in [0.717, 1.165) is 27.8 Å². The number of rotatable bonds is 20. The lowest BCUT2D eigenvalue weighted by atomic mass is 9.94. The van der Waals surface area contributed by atoms with E-state index in [1.165, 1.54) is 13.0 Å². The molecule has 0 amide bonds. The van der Waals surface area contributed by atoms with Crippen molar-refractivity contribution < 1.29 is 54.8 Å². The molecule has 3 aliphatic rings. The summed E-state index contributed by atoms with van der Waals surface area (Å²) < 4.78 is 132. The van der Waals surface area contributed by atoms with Gasteiger partial charge in [0.05, 0.1) is 73.8 Å². The quantitative estimate of drug-likeness (QED) is 0.0673. The van der Waals surface area contributed by atoms with Crippen LogP contribution in [0.15, 0.2) is 121 Å². The number of ether oxygens (including phenoxy) is 6. The van der Waals surface area contributed by atoms with Crippen molar-refractivity contribution in [3.8, 4) is 46.0 Å². The molecule has 0 spiro atoms. The molecule has 2 saturated heterocycles. The maximum atomic E-state index is 18.8. The zero-order valence-electron chi connectivity index (χ0n) is 47.7. The number of hydrogen-bond donors (Lipinski definition) is 0. The third-order valence-corrected chi connectivity index (χ3v) is 16.5. The van der Waals surface area contributed by atoms with Crippen molar-refractivity contribution in [2.45, 2.75) is 75.9 Å². The Labute approximate surface area is 493 Å². The first-order chi connectivity index (χ1) is 41.0. The van der Waals surface area contributed by atoms with Crippen LogP contribution in [0.5, 0.6) is 34.8 Å². The van der Waals surface area contributed by atoms with Gasteiger partial charge in [-0.3, -0.25) is 4.90 Å². The fourth-order valence-corrected chi connectivity index (χ4v) is 12.4. The molecule has 0 radical (unpaired) electrons. The van der Waals surface area contributed by atoms with Crippen LogP contribution in [-0.2, 0) is 32.2 Å². The highest BCUT2D eigenvalue weighted by molar-refractivity contribution is 6.36. The van der Waals surface area contributed by atoms with Crippen LogP contribution in [0.1, 0.15) is 57.8 Å². The van der Waals surface area contributed by atoms with Gasteiger partial charge in [-0.05, 0) is 102 Å². The Morgan fingerprint density at radius 2 is 1.28 bits per heavy atom. The van der Waals surface area contributed by atoms with Gasteiger partial charge >= 0.3 is 12.2 Å². The molecule has 3 aliphatic heterocycles. The molecule has 0 saturated carbocycles. The molecule has 0 N–H and O–H groups in total. The van der Waals surface area contributed by atoms with E-state index in [9.17, 15) is 0 Å². The van der Waals surface area contributed by atoms with Crippen LogP contribution in [0.25, 0.3) is 22.2 Å². The Hall–Kier alpha value is -8.23. The van der Waals surface area contributed by atoms with Crippen LogP contribution < -0.4 is 43.1 Å². The van der Waals surface area contributed by atoms with Crippen molar-refractivity contribution in [2.75, 3.05) is 83.0 Å². The van der Waals surface area contributed by atoms with Gasteiger partial charge in [0.1, 0.15) is 71.5 Å². The lowest BCUT2D eigenvalue weighted by molar-refractivity contribution is -0.137. The summed E-state index contributed by atoms with van der Waals surface area (Å²) in [5.74, 6) is 1.83. The smallest absolute Gasteiger partial charge is 0.418 e. The topological polar surface area (TPSA) is 120 Å². The van der Waals surface area contributed by atoms with Crippen molar-refractivity contribution in [3.63, 3.8) is 0 Å². The summed E-state index contributed by atoms with van der Waals surface area (Å²) >= 11 is 7.44. The van der Waals surface area contributed by atoms with Crippen molar-refractivity contribution in [1.82, 2.24) is 24.8 Å². The van der Waals surface area contributed by atoms with E-state index in [2.05, 4.69) is 4.98 Å². The fourth-order valence-electron chi connectivity index (χ4n) is 12.1. The summed E-state index contributed by atoms with van der Waals surface area (Å²) in [6.45, 7) is 1.68. The van der Waals surface area contributed by atoms with Crippen molar-refractivity contribution in [2.24, 2.45) is 0 Å². The Kier molecular flexibility index (Phi) is 16.8. The highest BCUT2D eigenvalue weighted by Crippen LogP contribution is 2.52. The maximum absolute atomic E-state index is 18.8. The van der Waals surface area contributed by atoms with Crippen LogP contribution in [0.4, 0.5) is 43.8 Å². The standard InChI is InChI=1S/C64H63ClF6N8O6/c1-38-28-51(77(33-41-13-21-47(82-5)22-14-41)34-42-15-23-48(83-6)24-16-42)73-57(54(38)64(69,70)71)52-55(65)59-53-58(56(52)68)74-62(85-37-63-30-43(66)35-78(63)36-44(67)31-63)75-61(53)79(26-27-84-59)50(29-39-9-17-45(80-3)18-10-39)49-8-7-25-72-60(49)76(2)32-40-11-19-46(81-4)20-12-40/h7-25,28,43-44,50H,26-27,29-37H2,1-6H3/t43-,44?,50-,63?/m1/s1. The maximum Gasteiger partial charge on any atom is 0.418 e. The molecule has 5 aromatic carbocycles. The lowest BCUT2D eigenvalue weighted by Crippen LogP contribution is -2.43. The van der Waals surface area contributed by atoms with Crippen molar-refractivity contribution in [1.29, 1.82) is 0 Å². The van der Waals surface area contributed by atoms with Gasteiger partial charge in [0.25, 0.3) is 0 Å². The number of halogens is 7. The largest absolute Gasteiger partial charge is 0.497 e. The normalized spacial score (nSPS) is 17.9. The Morgan fingerprint density at radius 1 is 0.741 bits per heavy atom. The van der Waals surface area contributed by atoms with Gasteiger partial charge < -0.3 is 43.1 Å². The first kappa shape index (κ1) is 58.5. The van der Waals surface area contributed by atoms with E-state index in [1.54, 1.807) is 68.7 Å². The molecular weight excluding hydrogens is 1130 g/mol. The van der Waals surface area contributed by atoms with Crippen LogP contribution in [0.2, 0.25) is 5.02 Å². The predicted octanol–water partition coefficient (Wildman–Crippen LogP) is 13.2. The van der Waals surface area contributed by atoms with E-state index in [0.29, 0.717) is 41.8 Å². The lowest BCUT2D eigenvalue weighted by Gasteiger charge is -2.35. The minimum absolute atomic E-state index is 0.00336. The number of aromatic nitrogens is 4. The number of nitrogens with zero attached hydrogens (tertiary/aromatic N) is 8. The molecule has 2 fully saturated rings. The molecule has 3 aromatic heterocycles. The van der Waals surface area contributed by atoms with Gasteiger partial charge in [0, 0.05) is 64.4 Å². The van der Waals surface area contributed by atoms with Gasteiger partial charge in [-0.15, -0.1) is 0 Å². The summed E-state index contributed by atoms with van der Waals surface area (Å²) in [5, 5.41) is -0.553. The molecular formula is C64H63ClF6N8O6. The predicted molar refractivity (Wildman–Crippen MR) is 314 cm³/mol. The number of fused-ring (bicyclic) bond motifs is 1. The number of aryl methyl sites for hydroxylation is 1. The fraction of sp³-hybridized carbons (Fsp3) is 0.344. The number of hydrogen-bond acceptors (Lipinski definition) is 14. The van der Waals surface area contributed by atoms with Crippen molar-refractivity contribution in [3.05, 3.63) is 171 Å². The summed E-state index contributed by atoms with van der Waals surface area (Å²) in [4.78, 5) is 26.8. The summed E-state index contributed by atoms with van der Waals surface area (Å²) in [6.07, 6.45) is -5.68. The average Bonchev–Trinajstić information content (AvgIpc) is 1.75. The molecule has 2 unspecified atom stereocenters. The molecule has 11 rings (SSSR count). The first-order valence-corrected chi connectivity index (χ1v) is 28.1. The minimum Gasteiger partial charge on any atom is -0.497 e. The SMILES string of the molecule is COc1ccc(C[C@H](c2cccnc2N(C)Cc2ccc(OC)cc2)N2CCOc3c(Cl)c(-c4nc(N(Cc5ccc(OC)cc5)Cc5ccc(OC)cc5)cc(C)c4C(F)(F)F)c(F)c4nc(OCC56CC(F)CN5C[C@H](F)C6)nc2c34)cc1. The molecule has 444 valence electrons. The first-order valence-electron chi connectivity index (χ1n) is 27.8. The Morgan fingerprint density at radius 3 is 1.82 bits per heavy atom. The van der Waals surface area contributed by atoms with Crippen LogP contribution in [-0.4, -0.2) is 111 Å². The van der Waals surface area contributed by atoms with E-state index < -0.39 is 69.3 Å². The van der Waals surface area contributed by atoms with Gasteiger partial charge in [-0.2, -0.15) is 23.1 Å². The zero-order chi connectivity index (χ0) is 59.7. The second kappa shape index (κ2) is 24.4. The zero-order valence-corrected chi connectivity index (χ0v) is 48.5. The molecule has 0 bridgehead atoms. The molecule has 4 atom stereocenters. The third-order valence-electron chi connectivity index (χ3n) is 16.2. The Bertz CT molecular complexity index is 3620. The van der Waals surface area contributed by atoms with E-state index >= 15 is 26.3 Å². The van der Waals surface area contributed by atoms with Crippen LogP contribution in [0.3, 0.4) is 0 Å².